The van der Waals surface area contributed by atoms with Gasteiger partial charge in [0.2, 0.25) is 5.91 Å². The molecule has 2 aliphatic rings. The van der Waals surface area contributed by atoms with E-state index in [0.29, 0.717) is 12.3 Å². The number of carbonyl (C=O) groups excluding carboxylic acids is 1. The predicted octanol–water partition coefficient (Wildman–Crippen LogP) is 3.72. The molecular formula is C19H25NO3. The molecule has 1 amide bonds. The molecule has 0 spiro atoms. The van der Waals surface area contributed by atoms with Gasteiger partial charge in [-0.3, -0.25) is 4.79 Å². The molecule has 1 aliphatic carbocycles. The highest BCUT2D eigenvalue weighted by Gasteiger charge is 2.32. The maximum Gasteiger partial charge on any atom is 0.223 e. The van der Waals surface area contributed by atoms with Crippen LogP contribution in [0.2, 0.25) is 0 Å². The Kier molecular flexibility index (Phi) is 4.89. The van der Waals surface area contributed by atoms with Gasteiger partial charge < -0.3 is 14.4 Å². The summed E-state index contributed by atoms with van der Waals surface area (Å²) in [7, 11) is 3.34. The molecule has 124 valence electrons. The van der Waals surface area contributed by atoms with Crippen LogP contribution < -0.4 is 9.47 Å². The number of nitrogens with zero attached hydrogens (tertiary/aromatic N) is 1. The molecule has 1 aromatic carbocycles. The fraction of sp³-hybridized carbons (Fsp3) is 0.526. The van der Waals surface area contributed by atoms with Gasteiger partial charge in [-0.25, -0.2) is 0 Å². The van der Waals surface area contributed by atoms with Crippen LogP contribution in [0.15, 0.2) is 30.4 Å². The summed E-state index contributed by atoms with van der Waals surface area (Å²) in [6, 6.07) is 5.92. The molecule has 0 unspecified atom stereocenters. The van der Waals surface area contributed by atoms with Crippen molar-refractivity contribution in [2.24, 2.45) is 5.92 Å². The SMILES string of the molecule is COc1ccc(OC)c([C@H]2CCCN2C(=O)C[C@H]2C=CCC2)c1. The highest BCUT2D eigenvalue weighted by molar-refractivity contribution is 5.77. The lowest BCUT2D eigenvalue weighted by Crippen LogP contribution is -2.31. The first-order valence-corrected chi connectivity index (χ1v) is 8.41. The van der Waals surface area contributed by atoms with Crippen LogP contribution in [0.25, 0.3) is 0 Å². The van der Waals surface area contributed by atoms with Crippen LogP contribution >= 0.6 is 0 Å². The second kappa shape index (κ2) is 7.07. The Bertz CT molecular complexity index is 596. The minimum Gasteiger partial charge on any atom is -0.497 e. The van der Waals surface area contributed by atoms with Gasteiger partial charge in [-0.1, -0.05) is 12.2 Å². The fourth-order valence-electron chi connectivity index (χ4n) is 3.70. The van der Waals surface area contributed by atoms with E-state index < -0.39 is 0 Å². The van der Waals surface area contributed by atoms with Crippen LogP contribution in [0.1, 0.15) is 43.7 Å². The monoisotopic (exact) mass is 315 g/mol. The molecule has 1 saturated heterocycles. The zero-order valence-corrected chi connectivity index (χ0v) is 14.0. The molecule has 0 aromatic heterocycles. The van der Waals surface area contributed by atoms with E-state index in [-0.39, 0.29) is 11.9 Å². The van der Waals surface area contributed by atoms with Crippen molar-refractivity contribution in [1.29, 1.82) is 0 Å². The maximum absolute atomic E-state index is 12.8. The van der Waals surface area contributed by atoms with Gasteiger partial charge in [-0.15, -0.1) is 0 Å². The van der Waals surface area contributed by atoms with Crippen LogP contribution in [0.3, 0.4) is 0 Å². The molecule has 0 N–H and O–H groups in total. The third-order valence-corrected chi connectivity index (χ3v) is 4.92. The second-order valence-corrected chi connectivity index (χ2v) is 6.32. The molecule has 4 nitrogen and oxygen atoms in total. The average molecular weight is 315 g/mol. The van der Waals surface area contributed by atoms with E-state index in [4.69, 9.17) is 9.47 Å². The van der Waals surface area contributed by atoms with Crippen molar-refractivity contribution in [2.45, 2.75) is 38.1 Å². The molecule has 3 rings (SSSR count). The quantitative estimate of drug-likeness (QED) is 0.777. The molecule has 1 aromatic rings. The molecule has 1 aliphatic heterocycles. The zero-order chi connectivity index (χ0) is 16.2. The number of ether oxygens (including phenoxy) is 2. The number of hydrogen-bond donors (Lipinski definition) is 0. The first-order valence-electron chi connectivity index (χ1n) is 8.41. The lowest BCUT2D eigenvalue weighted by atomic mass is 10.0. The molecule has 4 heteroatoms. The van der Waals surface area contributed by atoms with E-state index >= 15 is 0 Å². The van der Waals surface area contributed by atoms with Crippen molar-refractivity contribution >= 4 is 5.91 Å². The van der Waals surface area contributed by atoms with Crippen molar-refractivity contribution < 1.29 is 14.3 Å². The van der Waals surface area contributed by atoms with Gasteiger partial charge in [0.15, 0.2) is 0 Å². The molecular weight excluding hydrogens is 290 g/mol. The van der Waals surface area contributed by atoms with E-state index in [0.717, 1.165) is 49.3 Å². The van der Waals surface area contributed by atoms with Crippen molar-refractivity contribution in [1.82, 2.24) is 4.90 Å². The molecule has 0 radical (unpaired) electrons. The van der Waals surface area contributed by atoms with Crippen LogP contribution in [0.5, 0.6) is 11.5 Å². The highest BCUT2D eigenvalue weighted by Crippen LogP contribution is 2.39. The van der Waals surface area contributed by atoms with E-state index in [2.05, 4.69) is 12.2 Å². The number of likely N-dealkylation sites (tertiary alicyclic amines) is 1. The molecule has 0 bridgehead atoms. The number of benzene rings is 1. The summed E-state index contributed by atoms with van der Waals surface area (Å²) in [6.07, 6.45) is 9.23. The first kappa shape index (κ1) is 15.9. The summed E-state index contributed by atoms with van der Waals surface area (Å²) < 4.78 is 10.9. The zero-order valence-electron chi connectivity index (χ0n) is 14.0. The Morgan fingerprint density at radius 1 is 1.26 bits per heavy atom. The number of allylic oxidation sites excluding steroid dienone is 2. The minimum absolute atomic E-state index is 0.0953. The second-order valence-electron chi connectivity index (χ2n) is 6.32. The van der Waals surface area contributed by atoms with Crippen molar-refractivity contribution in [3.05, 3.63) is 35.9 Å². The number of amides is 1. The third kappa shape index (κ3) is 3.36. The van der Waals surface area contributed by atoms with Gasteiger partial charge in [0.1, 0.15) is 11.5 Å². The standard InChI is InChI=1S/C19H25NO3/c1-22-15-9-10-18(23-2)16(13-15)17-8-5-11-20(17)19(21)12-14-6-3-4-7-14/h3,6,9-10,13-14,17H,4-5,7-8,11-12H2,1-2H3/t14-,17+/m0/s1. The van der Waals surface area contributed by atoms with Crippen LogP contribution in [-0.2, 0) is 4.79 Å². The maximum atomic E-state index is 12.8. The van der Waals surface area contributed by atoms with E-state index in [1.807, 2.05) is 23.1 Å². The number of methoxy groups -OCH3 is 2. The van der Waals surface area contributed by atoms with Gasteiger partial charge in [-0.2, -0.15) is 0 Å². The van der Waals surface area contributed by atoms with Crippen molar-refractivity contribution in [3.8, 4) is 11.5 Å². The summed E-state index contributed by atoms with van der Waals surface area (Å²) in [5.41, 5.74) is 1.06. The molecule has 23 heavy (non-hydrogen) atoms. The Balaban J connectivity index is 1.80. The van der Waals surface area contributed by atoms with Crippen LogP contribution in [0, 0.1) is 5.92 Å². The average Bonchev–Trinajstić information content (AvgIpc) is 3.25. The van der Waals surface area contributed by atoms with Crippen LogP contribution in [-0.4, -0.2) is 31.6 Å². The molecule has 1 heterocycles. The summed E-state index contributed by atoms with van der Waals surface area (Å²) in [6.45, 7) is 0.834. The molecule has 2 atom stereocenters. The minimum atomic E-state index is 0.0953. The van der Waals surface area contributed by atoms with Crippen molar-refractivity contribution in [3.63, 3.8) is 0 Å². The Hall–Kier alpha value is -1.97. The lowest BCUT2D eigenvalue weighted by Gasteiger charge is -2.27. The summed E-state index contributed by atoms with van der Waals surface area (Å²) in [4.78, 5) is 14.8. The van der Waals surface area contributed by atoms with Gasteiger partial charge in [0, 0.05) is 18.5 Å². The van der Waals surface area contributed by atoms with Gasteiger partial charge >= 0.3 is 0 Å². The third-order valence-electron chi connectivity index (χ3n) is 4.92. The van der Waals surface area contributed by atoms with E-state index in [1.54, 1.807) is 14.2 Å². The Morgan fingerprint density at radius 3 is 2.83 bits per heavy atom. The normalized spacial score (nSPS) is 23.3. The smallest absolute Gasteiger partial charge is 0.223 e. The highest BCUT2D eigenvalue weighted by atomic mass is 16.5. The number of hydrogen-bond acceptors (Lipinski definition) is 3. The van der Waals surface area contributed by atoms with E-state index in [9.17, 15) is 4.79 Å². The summed E-state index contributed by atoms with van der Waals surface area (Å²) >= 11 is 0. The van der Waals surface area contributed by atoms with E-state index in [1.165, 1.54) is 0 Å². The lowest BCUT2D eigenvalue weighted by molar-refractivity contribution is -0.132. The number of rotatable bonds is 5. The van der Waals surface area contributed by atoms with Crippen molar-refractivity contribution in [2.75, 3.05) is 20.8 Å². The van der Waals surface area contributed by atoms with Gasteiger partial charge in [-0.05, 0) is 49.8 Å². The predicted molar refractivity (Wildman–Crippen MR) is 89.7 cm³/mol. The Labute approximate surface area is 138 Å². The van der Waals surface area contributed by atoms with Gasteiger partial charge in [0.25, 0.3) is 0 Å². The topological polar surface area (TPSA) is 38.8 Å². The first-order chi connectivity index (χ1) is 11.2. The molecule has 0 saturated carbocycles. The number of carbonyl (C=O) groups is 1. The van der Waals surface area contributed by atoms with Crippen LogP contribution in [0.4, 0.5) is 0 Å². The largest absolute Gasteiger partial charge is 0.497 e. The summed E-state index contributed by atoms with van der Waals surface area (Å²) in [5, 5.41) is 0. The Morgan fingerprint density at radius 2 is 2.13 bits per heavy atom. The summed E-state index contributed by atoms with van der Waals surface area (Å²) in [5.74, 6) is 2.31. The molecule has 1 fully saturated rings. The fourth-order valence-corrected chi connectivity index (χ4v) is 3.70. The van der Waals surface area contributed by atoms with Gasteiger partial charge in [0.05, 0.1) is 20.3 Å².